The molecule has 23 heavy (non-hydrogen) atoms. The van der Waals surface area contributed by atoms with Crippen molar-refractivity contribution in [3.05, 3.63) is 38.4 Å². The number of carbonyl (C=O) groups excluding carboxylic acids is 1. The maximum atomic E-state index is 12.3. The molecule has 0 atom stereocenters. The zero-order chi connectivity index (χ0) is 16.4. The quantitative estimate of drug-likeness (QED) is 0.849. The molecule has 124 valence electrons. The maximum absolute atomic E-state index is 12.3. The fraction of sp³-hybridized carbons (Fsp3) is 0.400. The maximum Gasteiger partial charge on any atom is 0.261 e. The molecule has 8 heteroatoms. The Morgan fingerprint density at radius 1 is 1.22 bits per heavy atom. The molecule has 0 saturated heterocycles. The lowest BCUT2D eigenvalue weighted by Crippen LogP contribution is -2.21. The molecule has 2 aromatic rings. The van der Waals surface area contributed by atoms with Crippen molar-refractivity contribution in [2.24, 2.45) is 0 Å². The molecule has 0 bridgehead atoms. The lowest BCUT2D eigenvalue weighted by atomic mass is 9.99. The summed E-state index contributed by atoms with van der Waals surface area (Å²) < 4.78 is 25.9. The Kier molecular flexibility index (Phi) is 4.86. The van der Waals surface area contributed by atoms with E-state index < -0.39 is 10.0 Å². The van der Waals surface area contributed by atoms with Crippen molar-refractivity contribution in [1.29, 1.82) is 0 Å². The van der Waals surface area contributed by atoms with Gasteiger partial charge in [0.1, 0.15) is 4.21 Å². The van der Waals surface area contributed by atoms with Crippen LogP contribution in [0.5, 0.6) is 0 Å². The minimum atomic E-state index is -3.41. The fourth-order valence-corrected chi connectivity index (χ4v) is 5.86. The van der Waals surface area contributed by atoms with Crippen LogP contribution in [0.3, 0.4) is 0 Å². The Hall–Kier alpha value is -1.22. The van der Waals surface area contributed by atoms with E-state index in [9.17, 15) is 13.2 Å². The zero-order valence-electron chi connectivity index (χ0n) is 12.7. The van der Waals surface area contributed by atoms with Gasteiger partial charge in [0.25, 0.3) is 5.91 Å². The van der Waals surface area contributed by atoms with Crippen LogP contribution in [0, 0.1) is 0 Å². The lowest BCUT2D eigenvalue weighted by molar-refractivity contribution is 0.0955. The van der Waals surface area contributed by atoms with Crippen molar-refractivity contribution in [2.45, 2.75) is 36.4 Å². The molecule has 0 aromatic carbocycles. The third kappa shape index (κ3) is 3.65. The van der Waals surface area contributed by atoms with Gasteiger partial charge in [-0.1, -0.05) is 0 Å². The topological polar surface area (TPSA) is 75.3 Å². The zero-order valence-corrected chi connectivity index (χ0v) is 15.2. The minimum absolute atomic E-state index is 0.0872. The third-order valence-electron chi connectivity index (χ3n) is 3.81. The van der Waals surface area contributed by atoms with Gasteiger partial charge in [0, 0.05) is 9.75 Å². The van der Waals surface area contributed by atoms with Crippen LogP contribution in [0.25, 0.3) is 0 Å². The number of aryl methyl sites for hydroxylation is 2. The van der Waals surface area contributed by atoms with Crippen molar-refractivity contribution in [3.63, 3.8) is 0 Å². The van der Waals surface area contributed by atoms with E-state index in [1.807, 2.05) is 6.07 Å². The van der Waals surface area contributed by atoms with Gasteiger partial charge in [-0.3, -0.25) is 4.79 Å². The van der Waals surface area contributed by atoms with E-state index in [1.165, 1.54) is 41.7 Å². The van der Waals surface area contributed by atoms with E-state index >= 15 is 0 Å². The molecule has 2 aromatic heterocycles. The van der Waals surface area contributed by atoms with Gasteiger partial charge >= 0.3 is 0 Å². The summed E-state index contributed by atoms with van der Waals surface area (Å²) in [7, 11) is -2.03. The molecule has 3 rings (SSSR count). The standard InChI is InChI=1S/C15H18N2O3S3/c1-16-23(19,20)14-7-6-11(21-14)9-17-15(18)13-8-10-4-2-3-5-12(10)22-13/h6-8,16H,2-5,9H2,1H3,(H,17,18). The number of carbonyl (C=O) groups is 1. The van der Waals surface area contributed by atoms with Gasteiger partial charge in [-0.25, -0.2) is 13.1 Å². The molecule has 1 aliphatic carbocycles. The second-order valence-electron chi connectivity index (χ2n) is 5.38. The van der Waals surface area contributed by atoms with Gasteiger partial charge in [0.05, 0.1) is 11.4 Å². The smallest absolute Gasteiger partial charge is 0.261 e. The van der Waals surface area contributed by atoms with Gasteiger partial charge in [0.15, 0.2) is 0 Å². The number of hydrogen-bond acceptors (Lipinski definition) is 5. The lowest BCUT2D eigenvalue weighted by Gasteiger charge is -2.08. The van der Waals surface area contributed by atoms with Crippen molar-refractivity contribution < 1.29 is 13.2 Å². The summed E-state index contributed by atoms with van der Waals surface area (Å²) in [6.07, 6.45) is 4.54. The Balaban J connectivity index is 1.64. The molecule has 1 amide bonds. The van der Waals surface area contributed by atoms with Gasteiger partial charge < -0.3 is 5.32 Å². The van der Waals surface area contributed by atoms with Gasteiger partial charge in [-0.05, 0) is 56.5 Å². The van der Waals surface area contributed by atoms with Crippen molar-refractivity contribution in [1.82, 2.24) is 10.0 Å². The van der Waals surface area contributed by atoms with Gasteiger partial charge in [-0.15, -0.1) is 22.7 Å². The average Bonchev–Trinajstić information content (AvgIpc) is 3.19. The van der Waals surface area contributed by atoms with E-state index in [0.717, 1.165) is 22.6 Å². The molecule has 1 aliphatic rings. The van der Waals surface area contributed by atoms with Crippen molar-refractivity contribution >= 4 is 38.6 Å². The van der Waals surface area contributed by atoms with E-state index in [4.69, 9.17) is 0 Å². The highest BCUT2D eigenvalue weighted by Gasteiger charge is 2.18. The third-order valence-corrected chi connectivity index (χ3v) is 8.04. The Bertz CT molecular complexity index is 797. The normalized spacial score (nSPS) is 14.5. The van der Waals surface area contributed by atoms with Crippen LogP contribution in [-0.4, -0.2) is 21.4 Å². The Labute approximate surface area is 143 Å². The molecular formula is C15H18N2O3S3. The molecule has 0 fully saturated rings. The van der Waals surface area contributed by atoms with Crippen LogP contribution in [-0.2, 0) is 29.4 Å². The van der Waals surface area contributed by atoms with Crippen LogP contribution in [0.1, 0.15) is 37.8 Å². The highest BCUT2D eigenvalue weighted by Crippen LogP contribution is 2.29. The summed E-state index contributed by atoms with van der Waals surface area (Å²) in [6, 6.07) is 5.29. The highest BCUT2D eigenvalue weighted by atomic mass is 32.2. The molecule has 2 N–H and O–H groups in total. The van der Waals surface area contributed by atoms with Crippen LogP contribution >= 0.6 is 22.7 Å². The summed E-state index contributed by atoms with van der Waals surface area (Å²) >= 11 is 2.74. The van der Waals surface area contributed by atoms with Gasteiger partial charge in [0.2, 0.25) is 10.0 Å². The highest BCUT2D eigenvalue weighted by molar-refractivity contribution is 7.91. The Morgan fingerprint density at radius 3 is 2.74 bits per heavy atom. The van der Waals surface area contributed by atoms with E-state index in [1.54, 1.807) is 23.5 Å². The van der Waals surface area contributed by atoms with Crippen LogP contribution in [0.4, 0.5) is 0 Å². The summed E-state index contributed by atoms with van der Waals surface area (Å²) in [4.78, 5) is 15.2. The molecule has 0 unspecified atom stereocenters. The number of sulfonamides is 1. The summed E-state index contributed by atoms with van der Waals surface area (Å²) in [6.45, 7) is 0.339. The summed E-state index contributed by atoms with van der Waals surface area (Å²) in [5.74, 6) is -0.0872. The monoisotopic (exact) mass is 370 g/mol. The van der Waals surface area contributed by atoms with E-state index in [-0.39, 0.29) is 10.1 Å². The predicted octanol–water partition coefficient (Wildman–Crippen LogP) is 2.53. The molecule has 5 nitrogen and oxygen atoms in total. The average molecular weight is 371 g/mol. The molecular weight excluding hydrogens is 352 g/mol. The summed E-state index contributed by atoms with van der Waals surface area (Å²) in [5.41, 5.74) is 1.31. The van der Waals surface area contributed by atoms with E-state index in [2.05, 4.69) is 10.0 Å². The fourth-order valence-electron chi connectivity index (χ4n) is 2.56. The summed E-state index contributed by atoms with van der Waals surface area (Å²) in [5, 5.41) is 2.87. The van der Waals surface area contributed by atoms with Gasteiger partial charge in [-0.2, -0.15) is 0 Å². The predicted molar refractivity (Wildman–Crippen MR) is 92.7 cm³/mol. The molecule has 0 aliphatic heterocycles. The number of hydrogen-bond donors (Lipinski definition) is 2. The number of thiophene rings is 2. The first-order valence-electron chi connectivity index (χ1n) is 7.41. The molecule has 0 spiro atoms. The number of amides is 1. The first-order chi connectivity index (χ1) is 11.0. The first kappa shape index (κ1) is 16.6. The number of nitrogens with one attached hydrogen (secondary N) is 2. The van der Waals surface area contributed by atoms with Crippen molar-refractivity contribution in [3.8, 4) is 0 Å². The first-order valence-corrected chi connectivity index (χ1v) is 10.5. The largest absolute Gasteiger partial charge is 0.346 e. The SMILES string of the molecule is CNS(=O)(=O)c1ccc(CNC(=O)c2cc3c(s2)CCCC3)s1. The minimum Gasteiger partial charge on any atom is -0.346 e. The number of fused-ring (bicyclic) bond motifs is 1. The molecule has 2 heterocycles. The van der Waals surface area contributed by atoms with Crippen LogP contribution in [0.15, 0.2) is 22.4 Å². The molecule has 0 radical (unpaired) electrons. The number of rotatable bonds is 5. The second kappa shape index (κ2) is 6.72. The van der Waals surface area contributed by atoms with Crippen LogP contribution in [0.2, 0.25) is 0 Å². The van der Waals surface area contributed by atoms with Crippen molar-refractivity contribution in [2.75, 3.05) is 7.05 Å². The van der Waals surface area contributed by atoms with E-state index in [0.29, 0.717) is 6.54 Å². The Morgan fingerprint density at radius 2 is 2.00 bits per heavy atom. The van der Waals surface area contributed by atoms with Crippen LogP contribution < -0.4 is 10.0 Å². The molecule has 0 saturated carbocycles. The second-order valence-corrected chi connectivity index (χ2v) is 9.80.